The van der Waals surface area contributed by atoms with Crippen LogP contribution < -0.4 is 10.6 Å². The van der Waals surface area contributed by atoms with Gasteiger partial charge < -0.3 is 15.2 Å². The van der Waals surface area contributed by atoms with Crippen LogP contribution in [0.1, 0.15) is 43.0 Å². The fourth-order valence-corrected chi connectivity index (χ4v) is 4.76. The van der Waals surface area contributed by atoms with E-state index in [9.17, 15) is 9.59 Å². The molecule has 0 bridgehead atoms. The van der Waals surface area contributed by atoms with Gasteiger partial charge in [0.25, 0.3) is 0 Å². The van der Waals surface area contributed by atoms with Crippen LogP contribution >= 0.6 is 0 Å². The summed E-state index contributed by atoms with van der Waals surface area (Å²) in [6.45, 7) is 5.53. The molecular weight excluding hydrogens is 406 g/mol. The first-order valence-electron chi connectivity index (χ1n) is 11.6. The van der Waals surface area contributed by atoms with Crippen LogP contribution in [-0.4, -0.2) is 66.0 Å². The molecule has 1 saturated carbocycles. The molecule has 0 radical (unpaired) electrons. The molecule has 1 aromatic carbocycles. The van der Waals surface area contributed by atoms with E-state index < -0.39 is 0 Å². The highest BCUT2D eigenvalue weighted by molar-refractivity contribution is 5.91. The topological polar surface area (TPSA) is 90.7 Å². The number of hydrogen-bond acceptors (Lipinski definition) is 6. The van der Waals surface area contributed by atoms with Crippen LogP contribution in [0.2, 0.25) is 0 Å². The highest BCUT2D eigenvalue weighted by Crippen LogP contribution is 2.35. The number of hydrogen-bond donors (Lipinski definition) is 2. The van der Waals surface area contributed by atoms with Crippen molar-refractivity contribution in [2.75, 3.05) is 44.6 Å². The van der Waals surface area contributed by atoms with Crippen LogP contribution in [0, 0.1) is 12.8 Å². The lowest BCUT2D eigenvalue weighted by Gasteiger charge is -2.34. The molecule has 8 heteroatoms. The third-order valence-corrected chi connectivity index (χ3v) is 6.44. The van der Waals surface area contributed by atoms with E-state index in [-0.39, 0.29) is 17.9 Å². The summed E-state index contributed by atoms with van der Waals surface area (Å²) in [5, 5.41) is 9.86. The number of carbonyl (C=O) groups is 2. The Hall–Kier alpha value is -2.71. The van der Waals surface area contributed by atoms with Gasteiger partial charge in [0.2, 0.25) is 11.8 Å². The van der Waals surface area contributed by atoms with Gasteiger partial charge in [-0.25, -0.2) is 0 Å². The maximum Gasteiger partial charge on any atom is 0.239 e. The summed E-state index contributed by atoms with van der Waals surface area (Å²) in [5.74, 6) is 1.60. The van der Waals surface area contributed by atoms with Crippen molar-refractivity contribution in [3.63, 3.8) is 0 Å². The zero-order valence-corrected chi connectivity index (χ0v) is 18.8. The lowest BCUT2D eigenvalue weighted by atomic mass is 9.91. The molecule has 32 heavy (non-hydrogen) atoms. The molecule has 1 unspecified atom stereocenters. The molecule has 1 aromatic heterocycles. The number of anilines is 1. The predicted molar refractivity (Wildman–Crippen MR) is 122 cm³/mol. The molecular formula is C24H33N5O3. The van der Waals surface area contributed by atoms with Crippen LogP contribution in [0.25, 0.3) is 0 Å². The maximum absolute atomic E-state index is 12.9. The van der Waals surface area contributed by atoms with Gasteiger partial charge >= 0.3 is 0 Å². The third kappa shape index (κ3) is 6.17. The minimum atomic E-state index is -0.105. The van der Waals surface area contributed by atoms with E-state index in [0.29, 0.717) is 30.6 Å². The highest BCUT2D eigenvalue weighted by Gasteiger charge is 2.28. The van der Waals surface area contributed by atoms with Crippen LogP contribution in [0.5, 0.6) is 0 Å². The molecule has 1 saturated heterocycles. The van der Waals surface area contributed by atoms with Crippen molar-refractivity contribution >= 4 is 17.6 Å². The van der Waals surface area contributed by atoms with Crippen molar-refractivity contribution in [3.05, 3.63) is 47.7 Å². The van der Waals surface area contributed by atoms with E-state index in [1.165, 1.54) is 31.2 Å². The van der Waals surface area contributed by atoms with Gasteiger partial charge in [-0.3, -0.25) is 19.4 Å². The molecule has 1 aliphatic heterocycles. The number of piperazine rings is 1. The first-order valence-corrected chi connectivity index (χ1v) is 11.6. The number of benzene rings is 1. The lowest BCUT2D eigenvalue weighted by Crippen LogP contribution is -2.51. The van der Waals surface area contributed by atoms with Crippen molar-refractivity contribution in [2.24, 2.45) is 5.92 Å². The summed E-state index contributed by atoms with van der Waals surface area (Å²) in [5.41, 5.74) is 1.20. The van der Waals surface area contributed by atoms with Crippen molar-refractivity contribution in [3.8, 4) is 0 Å². The van der Waals surface area contributed by atoms with Crippen LogP contribution in [0.15, 0.2) is 40.9 Å². The fraction of sp³-hybridized carbons (Fsp3) is 0.542. The number of aryl methyl sites for hydroxylation is 1. The molecule has 1 atom stereocenters. The average molecular weight is 440 g/mol. The summed E-state index contributed by atoms with van der Waals surface area (Å²) in [6, 6.07) is 12.1. The number of aromatic nitrogens is 1. The average Bonchev–Trinajstić information content (AvgIpc) is 3.46. The number of nitrogens with zero attached hydrogens (tertiary/aromatic N) is 3. The molecule has 172 valence electrons. The van der Waals surface area contributed by atoms with Gasteiger partial charge in [-0.1, -0.05) is 48.3 Å². The van der Waals surface area contributed by atoms with Gasteiger partial charge in [0.05, 0.1) is 19.1 Å². The van der Waals surface area contributed by atoms with Gasteiger partial charge in [0.1, 0.15) is 5.76 Å². The van der Waals surface area contributed by atoms with Gasteiger partial charge in [-0.05, 0) is 31.2 Å². The zero-order chi connectivity index (χ0) is 22.3. The van der Waals surface area contributed by atoms with E-state index in [0.717, 1.165) is 26.2 Å². The second-order valence-electron chi connectivity index (χ2n) is 8.92. The van der Waals surface area contributed by atoms with E-state index in [1.807, 2.05) is 18.2 Å². The van der Waals surface area contributed by atoms with Gasteiger partial charge in [-0.2, -0.15) is 0 Å². The summed E-state index contributed by atoms with van der Waals surface area (Å²) in [7, 11) is 0. The van der Waals surface area contributed by atoms with Crippen molar-refractivity contribution < 1.29 is 14.1 Å². The maximum atomic E-state index is 12.9. The molecule has 2 heterocycles. The Balaban J connectivity index is 1.22. The monoisotopic (exact) mass is 439 g/mol. The summed E-state index contributed by atoms with van der Waals surface area (Å²) in [6.07, 6.45) is 4.84. The zero-order valence-electron chi connectivity index (χ0n) is 18.8. The predicted octanol–water partition coefficient (Wildman–Crippen LogP) is 2.59. The lowest BCUT2D eigenvalue weighted by molar-refractivity contribution is -0.124. The molecule has 1 aliphatic carbocycles. The molecule has 0 spiro atoms. The minimum absolute atomic E-state index is 0.0818. The molecule has 2 N–H and O–H groups in total. The van der Waals surface area contributed by atoms with Crippen LogP contribution in [-0.2, 0) is 9.59 Å². The Morgan fingerprint density at radius 1 is 1.03 bits per heavy atom. The number of carbonyl (C=O) groups excluding carboxylic acids is 2. The number of rotatable bonds is 8. The van der Waals surface area contributed by atoms with Crippen molar-refractivity contribution in [1.29, 1.82) is 0 Å². The Kier molecular flexibility index (Phi) is 7.55. The molecule has 2 aliphatic rings. The van der Waals surface area contributed by atoms with E-state index in [1.54, 1.807) is 13.0 Å². The fourth-order valence-electron chi connectivity index (χ4n) is 4.76. The molecule has 4 rings (SSSR count). The first kappa shape index (κ1) is 22.5. The Bertz CT molecular complexity index is 886. The highest BCUT2D eigenvalue weighted by atomic mass is 16.5. The number of amides is 2. The van der Waals surface area contributed by atoms with E-state index >= 15 is 0 Å². The summed E-state index contributed by atoms with van der Waals surface area (Å²) >= 11 is 0. The Morgan fingerprint density at radius 3 is 2.25 bits per heavy atom. The molecule has 2 amide bonds. The van der Waals surface area contributed by atoms with Crippen LogP contribution in [0.3, 0.4) is 0 Å². The minimum Gasteiger partial charge on any atom is -0.360 e. The smallest absolute Gasteiger partial charge is 0.239 e. The summed E-state index contributed by atoms with van der Waals surface area (Å²) < 4.78 is 4.97. The van der Waals surface area contributed by atoms with Gasteiger partial charge in [0, 0.05) is 32.2 Å². The van der Waals surface area contributed by atoms with Crippen molar-refractivity contribution in [2.45, 2.75) is 38.6 Å². The van der Waals surface area contributed by atoms with Crippen molar-refractivity contribution in [1.82, 2.24) is 20.3 Å². The Morgan fingerprint density at radius 2 is 1.66 bits per heavy atom. The quantitative estimate of drug-likeness (QED) is 0.657. The SMILES string of the molecule is Cc1cc(NC(=O)CN2CCN(CC(=O)NC(c3ccccc3)C3CCCC3)CC2)no1. The van der Waals surface area contributed by atoms with Crippen LogP contribution in [0.4, 0.5) is 5.82 Å². The molecule has 2 fully saturated rings. The summed E-state index contributed by atoms with van der Waals surface area (Å²) in [4.78, 5) is 29.4. The Labute approximate surface area is 189 Å². The van der Waals surface area contributed by atoms with E-state index in [4.69, 9.17) is 4.52 Å². The van der Waals surface area contributed by atoms with Gasteiger partial charge in [-0.15, -0.1) is 0 Å². The number of nitrogens with one attached hydrogen (secondary N) is 2. The standard InChI is InChI=1S/C24H33N5O3/c1-18-15-21(27-32-18)25-22(30)16-28-11-13-29(14-12-28)17-23(31)26-24(20-9-5-6-10-20)19-7-3-2-4-8-19/h2-4,7-8,15,20,24H,5-6,9-14,16-17H2,1H3,(H,26,31)(H,25,27,30). The largest absolute Gasteiger partial charge is 0.360 e. The molecule has 2 aromatic rings. The second kappa shape index (κ2) is 10.7. The van der Waals surface area contributed by atoms with Gasteiger partial charge in [0.15, 0.2) is 5.82 Å². The second-order valence-corrected chi connectivity index (χ2v) is 8.92. The first-order chi connectivity index (χ1) is 15.6. The molecule has 8 nitrogen and oxygen atoms in total. The third-order valence-electron chi connectivity index (χ3n) is 6.44. The van der Waals surface area contributed by atoms with E-state index in [2.05, 4.69) is 37.7 Å². The normalized spacial score (nSPS) is 19.0.